The van der Waals surface area contributed by atoms with Gasteiger partial charge in [0.2, 0.25) is 7.31 Å². The minimum atomic E-state index is 0.741. The fourth-order valence-electron chi connectivity index (χ4n) is 1.54. The molecular weight excluding hydrogens is 216 g/mol. The normalized spacial score (nSPS) is 10.0. The summed E-state index contributed by atoms with van der Waals surface area (Å²) < 4.78 is 12.2. The Morgan fingerprint density at radius 3 is 2.29 bits per heavy atom. The summed E-state index contributed by atoms with van der Waals surface area (Å²) in [5, 5.41) is 8.12. The van der Waals surface area contributed by atoms with E-state index in [9.17, 15) is 0 Å². The van der Waals surface area contributed by atoms with Crippen LogP contribution in [0.4, 0.5) is 0 Å². The van der Waals surface area contributed by atoms with Crippen LogP contribution in [0.15, 0.2) is 24.4 Å². The molecule has 5 nitrogen and oxygen atoms in total. The highest BCUT2D eigenvalue weighted by Crippen LogP contribution is 2.28. The fourth-order valence-corrected chi connectivity index (χ4v) is 1.54. The number of nitrogens with zero attached hydrogens (tertiary/aromatic N) is 3. The number of aromatic nitrogens is 3. The van der Waals surface area contributed by atoms with Crippen molar-refractivity contribution in [2.24, 2.45) is 0 Å². The average molecular weight is 229 g/mol. The van der Waals surface area contributed by atoms with E-state index in [2.05, 4.69) is 10.3 Å². The Balaban J connectivity index is 2.43. The van der Waals surface area contributed by atoms with Crippen molar-refractivity contribution in [2.45, 2.75) is 0 Å². The van der Waals surface area contributed by atoms with E-state index in [1.54, 1.807) is 18.8 Å². The third-order valence-electron chi connectivity index (χ3n) is 2.51. The van der Waals surface area contributed by atoms with E-state index in [0.29, 0.717) is 0 Å². The maximum atomic E-state index is 5.22. The van der Waals surface area contributed by atoms with Gasteiger partial charge in [-0.3, -0.25) is 0 Å². The molecule has 0 saturated carbocycles. The van der Waals surface area contributed by atoms with E-state index >= 15 is 0 Å². The maximum Gasteiger partial charge on any atom is 0.225 e. The Hall–Kier alpha value is -1.91. The van der Waals surface area contributed by atoms with Gasteiger partial charge in [-0.25, -0.2) is 0 Å². The number of ether oxygens (including phenoxy) is 2. The quantitative estimate of drug-likeness (QED) is 0.675. The van der Waals surface area contributed by atoms with Gasteiger partial charge in [0, 0.05) is 17.8 Å². The molecule has 0 fully saturated rings. The summed E-state index contributed by atoms with van der Waals surface area (Å²) in [7, 11) is 6.07. The smallest absolute Gasteiger partial charge is 0.225 e. The third-order valence-corrected chi connectivity index (χ3v) is 2.51. The van der Waals surface area contributed by atoms with Crippen LogP contribution >= 0.6 is 0 Å². The van der Waals surface area contributed by atoms with E-state index in [1.165, 1.54) is 0 Å². The van der Waals surface area contributed by atoms with Gasteiger partial charge in [0.05, 0.1) is 22.0 Å². The van der Waals surface area contributed by atoms with Crippen LogP contribution in [0.5, 0.6) is 11.5 Å². The molecule has 2 aromatic rings. The van der Waals surface area contributed by atoms with E-state index in [4.69, 9.17) is 9.47 Å². The number of rotatable bonds is 4. The molecule has 0 saturated heterocycles. The van der Waals surface area contributed by atoms with Crippen LogP contribution in [0, 0.1) is 0 Å². The zero-order valence-electron chi connectivity index (χ0n) is 10.2. The van der Waals surface area contributed by atoms with Gasteiger partial charge in [-0.05, 0) is 12.1 Å². The lowest BCUT2D eigenvalue weighted by Crippen LogP contribution is -2.05. The molecule has 2 rings (SSSR count). The summed E-state index contributed by atoms with van der Waals surface area (Å²) in [6, 6.07) is 5.65. The first-order chi connectivity index (χ1) is 8.26. The molecule has 0 aliphatic carbocycles. The molecule has 0 bridgehead atoms. The van der Waals surface area contributed by atoms with E-state index in [-0.39, 0.29) is 0 Å². The van der Waals surface area contributed by atoms with Gasteiger partial charge in [-0.15, -0.1) is 5.10 Å². The van der Waals surface area contributed by atoms with Crippen LogP contribution in [-0.2, 0) is 0 Å². The highest BCUT2D eigenvalue weighted by Gasteiger charge is 2.07. The first-order valence-electron chi connectivity index (χ1n) is 5.40. The zero-order chi connectivity index (χ0) is 12.3. The summed E-state index contributed by atoms with van der Waals surface area (Å²) in [4.78, 5) is 0. The largest absolute Gasteiger partial charge is 0.497 e. The van der Waals surface area contributed by atoms with Crippen LogP contribution < -0.4 is 9.47 Å². The topological polar surface area (TPSA) is 49.2 Å². The second-order valence-electron chi connectivity index (χ2n) is 3.56. The molecule has 0 atom stereocenters. The summed E-state index contributed by atoms with van der Waals surface area (Å²) >= 11 is 0. The van der Waals surface area contributed by atoms with E-state index in [1.807, 2.05) is 32.1 Å². The molecule has 0 aliphatic rings. The maximum absolute atomic E-state index is 5.22. The van der Waals surface area contributed by atoms with Gasteiger partial charge < -0.3 is 14.1 Å². The molecule has 0 aliphatic heterocycles. The van der Waals surface area contributed by atoms with Gasteiger partial charge in [0.1, 0.15) is 17.2 Å². The van der Waals surface area contributed by atoms with Crippen molar-refractivity contribution in [3.63, 3.8) is 0 Å². The highest BCUT2D eigenvalue weighted by molar-refractivity contribution is 6.88. The number of benzene rings is 1. The average Bonchev–Trinajstić information content (AvgIpc) is 2.86. The second-order valence-corrected chi connectivity index (χ2v) is 3.56. The first-order valence-corrected chi connectivity index (χ1v) is 5.40. The Bertz CT molecular complexity index is 494. The van der Waals surface area contributed by atoms with Gasteiger partial charge in [0.15, 0.2) is 0 Å². The lowest BCUT2D eigenvalue weighted by molar-refractivity contribution is 0.394. The predicted octanol–water partition coefficient (Wildman–Crippen LogP) is -0.290. The first kappa shape index (κ1) is 11.6. The molecule has 0 amide bonds. The third kappa shape index (κ3) is 2.43. The van der Waals surface area contributed by atoms with Crippen molar-refractivity contribution in [2.75, 3.05) is 14.2 Å². The van der Waals surface area contributed by atoms with Gasteiger partial charge in [-0.2, -0.15) is 0 Å². The Morgan fingerprint density at radius 2 is 1.82 bits per heavy atom. The van der Waals surface area contributed by atoms with Crippen LogP contribution in [-0.4, -0.2) is 44.2 Å². The van der Waals surface area contributed by atoms with Crippen molar-refractivity contribution in [1.82, 2.24) is 14.9 Å². The van der Waals surface area contributed by atoms with Gasteiger partial charge >= 0.3 is 0 Å². The highest BCUT2D eigenvalue weighted by atomic mass is 16.5. The van der Waals surface area contributed by atoms with Crippen molar-refractivity contribution < 1.29 is 9.47 Å². The van der Waals surface area contributed by atoms with Crippen molar-refractivity contribution in [3.05, 3.63) is 24.4 Å². The number of hydrogen-bond acceptors (Lipinski definition) is 4. The predicted molar refractivity (Wildman–Crippen MR) is 69.7 cm³/mol. The molecule has 0 unspecified atom stereocenters. The molecule has 0 radical (unpaired) electrons. The van der Waals surface area contributed by atoms with Crippen molar-refractivity contribution in [1.29, 1.82) is 0 Å². The van der Waals surface area contributed by atoms with Crippen LogP contribution in [0.3, 0.4) is 0 Å². The summed E-state index contributed by atoms with van der Waals surface area (Å²) in [6.07, 6.45) is 1.90. The van der Waals surface area contributed by atoms with Gasteiger partial charge in [-0.1, -0.05) is 5.21 Å². The summed E-state index contributed by atoms with van der Waals surface area (Å²) in [5.41, 5.74) is 1.74. The SMILES string of the molecule is BBn1cc(-c2cc(OC)cc(OC)c2)nn1. The molecule has 1 aromatic carbocycles. The molecule has 86 valence electrons. The Labute approximate surface area is 101 Å². The Kier molecular flexibility index (Phi) is 3.37. The zero-order valence-corrected chi connectivity index (χ0v) is 10.2. The molecule has 1 heterocycles. The van der Waals surface area contributed by atoms with E-state index in [0.717, 1.165) is 30.1 Å². The standard InChI is InChI=1S/C10H13B2N3O2/c1-16-8-3-7(4-9(5-8)17-2)10-6-15(12-11)14-13-10/h3-6,12H,11H2,1-2H3. The van der Waals surface area contributed by atoms with Crippen LogP contribution in [0.2, 0.25) is 0 Å². The van der Waals surface area contributed by atoms with Crippen LogP contribution in [0.1, 0.15) is 0 Å². The number of methoxy groups -OCH3 is 2. The summed E-state index contributed by atoms with van der Waals surface area (Å²) in [5.74, 6) is 1.48. The van der Waals surface area contributed by atoms with Crippen LogP contribution in [0.25, 0.3) is 11.3 Å². The monoisotopic (exact) mass is 229 g/mol. The molecule has 7 heteroatoms. The molecule has 0 spiro atoms. The van der Waals surface area contributed by atoms with E-state index < -0.39 is 0 Å². The van der Waals surface area contributed by atoms with Crippen molar-refractivity contribution in [3.8, 4) is 22.8 Å². The molecular formula is C10H13B2N3O2. The minimum Gasteiger partial charge on any atom is -0.497 e. The summed E-state index contributed by atoms with van der Waals surface area (Å²) in [6.45, 7) is 0. The van der Waals surface area contributed by atoms with Gasteiger partial charge in [0.25, 0.3) is 0 Å². The second kappa shape index (κ2) is 4.95. The lowest BCUT2D eigenvalue weighted by atomic mass is 9.67. The van der Waals surface area contributed by atoms with Crippen molar-refractivity contribution >= 4 is 15.0 Å². The fraction of sp³-hybridized carbons (Fsp3) is 0.200. The molecule has 17 heavy (non-hydrogen) atoms. The Morgan fingerprint density at radius 1 is 1.18 bits per heavy atom. The molecule has 1 aromatic heterocycles. The number of hydrogen-bond donors (Lipinski definition) is 0. The minimum absolute atomic E-state index is 0.741. The lowest BCUT2D eigenvalue weighted by Gasteiger charge is -2.06. The molecule has 0 N–H and O–H groups in total.